The lowest BCUT2D eigenvalue weighted by atomic mass is 10.1. The minimum atomic E-state index is -0.0492. The summed E-state index contributed by atoms with van der Waals surface area (Å²) in [5.74, 6) is 1.17. The molecule has 0 bridgehead atoms. The van der Waals surface area contributed by atoms with Gasteiger partial charge in [-0.3, -0.25) is 4.79 Å². The van der Waals surface area contributed by atoms with Gasteiger partial charge < -0.3 is 9.32 Å². The van der Waals surface area contributed by atoms with E-state index < -0.39 is 0 Å². The van der Waals surface area contributed by atoms with Crippen molar-refractivity contribution in [2.45, 2.75) is 45.3 Å². The molecular weight excluding hydrogens is 462 g/mol. The van der Waals surface area contributed by atoms with Crippen LogP contribution in [0.2, 0.25) is 5.02 Å². The van der Waals surface area contributed by atoms with Crippen LogP contribution in [0.4, 0.5) is 0 Å². The number of amides is 1. The van der Waals surface area contributed by atoms with Crippen molar-refractivity contribution in [3.63, 3.8) is 0 Å². The zero-order chi connectivity index (χ0) is 23.5. The summed E-state index contributed by atoms with van der Waals surface area (Å²) < 4.78 is 7.50. The highest BCUT2D eigenvalue weighted by molar-refractivity contribution is 7.98. The van der Waals surface area contributed by atoms with Gasteiger partial charge in [-0.05, 0) is 38.7 Å². The monoisotopic (exact) mass is 485 g/mol. The lowest BCUT2D eigenvalue weighted by Crippen LogP contribution is -2.33. The molecule has 1 amide bonds. The Morgan fingerprint density at radius 3 is 2.73 bits per heavy atom. The van der Waals surface area contributed by atoms with E-state index in [1.54, 1.807) is 15.5 Å². The predicted molar refractivity (Wildman–Crippen MR) is 126 cm³/mol. The molecule has 0 spiro atoms. The van der Waals surface area contributed by atoms with Crippen molar-refractivity contribution in [3.8, 4) is 11.5 Å². The lowest BCUT2D eigenvalue weighted by Gasteiger charge is -2.21. The zero-order valence-corrected chi connectivity index (χ0v) is 20.4. The average molecular weight is 486 g/mol. The second-order valence-corrected chi connectivity index (χ2v) is 8.72. The summed E-state index contributed by atoms with van der Waals surface area (Å²) in [6.45, 7) is 6.63. The van der Waals surface area contributed by atoms with Crippen LogP contribution < -0.4 is 0 Å². The highest BCUT2D eigenvalue weighted by atomic mass is 35.5. The molecule has 0 N–H and O–H groups in total. The van der Waals surface area contributed by atoms with Crippen molar-refractivity contribution in [1.82, 2.24) is 34.7 Å². The first-order valence-electron chi connectivity index (χ1n) is 10.5. The number of benzene rings is 1. The molecule has 0 unspecified atom stereocenters. The zero-order valence-electron chi connectivity index (χ0n) is 18.9. The van der Waals surface area contributed by atoms with Gasteiger partial charge in [0.05, 0.1) is 23.6 Å². The smallest absolute Gasteiger partial charge is 0.253 e. The molecule has 3 heterocycles. The molecule has 0 atom stereocenters. The summed E-state index contributed by atoms with van der Waals surface area (Å²) in [5, 5.41) is 13.9. The molecule has 3 aromatic heterocycles. The minimum Gasteiger partial charge on any atom is -0.419 e. The van der Waals surface area contributed by atoms with Crippen molar-refractivity contribution < 1.29 is 9.21 Å². The van der Waals surface area contributed by atoms with Gasteiger partial charge in [-0.2, -0.15) is 4.98 Å². The van der Waals surface area contributed by atoms with Crippen molar-refractivity contribution in [2.75, 3.05) is 12.8 Å². The topological polar surface area (TPSA) is 102 Å². The van der Waals surface area contributed by atoms with E-state index in [2.05, 4.69) is 25.3 Å². The highest BCUT2D eigenvalue weighted by Crippen LogP contribution is 2.26. The molecule has 0 aliphatic rings. The Balaban J connectivity index is 1.55. The Hall–Kier alpha value is -2.98. The van der Waals surface area contributed by atoms with Crippen LogP contribution in [0.5, 0.6) is 0 Å². The van der Waals surface area contributed by atoms with Crippen molar-refractivity contribution >= 4 is 35.0 Å². The number of rotatable bonds is 8. The molecule has 33 heavy (non-hydrogen) atoms. The fraction of sp³-hybridized carbons (Fsp3) is 0.364. The third-order valence-electron chi connectivity index (χ3n) is 5.28. The second-order valence-electron chi connectivity index (χ2n) is 7.54. The third kappa shape index (κ3) is 4.86. The van der Waals surface area contributed by atoms with E-state index in [0.717, 1.165) is 23.4 Å². The van der Waals surface area contributed by atoms with E-state index in [1.165, 1.54) is 11.8 Å². The van der Waals surface area contributed by atoms with Crippen molar-refractivity contribution in [1.29, 1.82) is 0 Å². The number of aromatic nitrogens is 6. The predicted octanol–water partition coefficient (Wildman–Crippen LogP) is 4.15. The molecule has 172 valence electrons. The molecule has 4 aromatic rings. The van der Waals surface area contributed by atoms with E-state index in [9.17, 15) is 4.79 Å². The standard InChI is InChI=1S/C22H24ClN7O2S/c1-5-10-29(12-18-26-27-20(32-18)15-8-6-7-9-17(15)23)19(31)11-16-13(2)24-21-25-22(33-4)28-30(21)14(16)3/h6-9H,5,10-12H2,1-4H3. The maximum absolute atomic E-state index is 13.3. The Morgan fingerprint density at radius 1 is 1.21 bits per heavy atom. The van der Waals surface area contributed by atoms with E-state index in [0.29, 0.717) is 39.8 Å². The average Bonchev–Trinajstić information content (AvgIpc) is 3.43. The van der Waals surface area contributed by atoms with Crippen LogP contribution >= 0.6 is 23.4 Å². The fourth-order valence-corrected chi connectivity index (χ4v) is 4.13. The number of hydrogen-bond acceptors (Lipinski definition) is 8. The van der Waals surface area contributed by atoms with E-state index in [-0.39, 0.29) is 18.9 Å². The molecule has 9 nitrogen and oxygen atoms in total. The quantitative estimate of drug-likeness (QED) is 0.343. The molecule has 0 aliphatic heterocycles. The fourth-order valence-electron chi connectivity index (χ4n) is 3.58. The number of nitrogens with zero attached hydrogens (tertiary/aromatic N) is 7. The molecule has 4 rings (SSSR count). The summed E-state index contributed by atoms with van der Waals surface area (Å²) >= 11 is 7.69. The lowest BCUT2D eigenvalue weighted by molar-refractivity contribution is -0.131. The third-order valence-corrected chi connectivity index (χ3v) is 6.15. The SMILES string of the molecule is CCCN(Cc1nnc(-c2ccccc2Cl)o1)C(=O)Cc1c(C)nc2nc(SC)nn2c1C. The van der Waals surface area contributed by atoms with Crippen LogP contribution in [0.15, 0.2) is 33.8 Å². The summed E-state index contributed by atoms with van der Waals surface area (Å²) in [4.78, 5) is 23.9. The number of carbonyl (C=O) groups excluding carboxylic acids is 1. The van der Waals surface area contributed by atoms with Gasteiger partial charge in [-0.15, -0.1) is 15.3 Å². The summed E-state index contributed by atoms with van der Waals surface area (Å²) in [5.41, 5.74) is 3.13. The Bertz CT molecular complexity index is 1300. The normalized spacial score (nSPS) is 11.3. The number of hydrogen-bond donors (Lipinski definition) is 0. The maximum Gasteiger partial charge on any atom is 0.253 e. The molecule has 0 saturated heterocycles. The van der Waals surface area contributed by atoms with Crippen molar-refractivity contribution in [2.24, 2.45) is 0 Å². The maximum atomic E-state index is 13.3. The van der Waals surface area contributed by atoms with Gasteiger partial charge in [0, 0.05) is 23.5 Å². The van der Waals surface area contributed by atoms with E-state index in [4.69, 9.17) is 16.0 Å². The van der Waals surface area contributed by atoms with Crippen LogP contribution in [-0.2, 0) is 17.8 Å². The highest BCUT2D eigenvalue weighted by Gasteiger charge is 2.22. The number of carbonyl (C=O) groups is 1. The minimum absolute atomic E-state index is 0.0492. The molecule has 11 heteroatoms. The van der Waals surface area contributed by atoms with Gasteiger partial charge in [0.2, 0.25) is 22.8 Å². The summed E-state index contributed by atoms with van der Waals surface area (Å²) in [7, 11) is 0. The van der Waals surface area contributed by atoms with Gasteiger partial charge >= 0.3 is 0 Å². The molecule has 1 aromatic carbocycles. The van der Waals surface area contributed by atoms with Gasteiger partial charge in [-0.1, -0.05) is 42.4 Å². The number of aryl methyl sites for hydroxylation is 2. The molecule has 0 radical (unpaired) electrons. The largest absolute Gasteiger partial charge is 0.419 e. The number of thioether (sulfide) groups is 1. The molecule has 0 aliphatic carbocycles. The first kappa shape index (κ1) is 23.2. The Morgan fingerprint density at radius 2 is 2.00 bits per heavy atom. The van der Waals surface area contributed by atoms with Crippen LogP contribution in [0.25, 0.3) is 17.2 Å². The number of fused-ring (bicyclic) bond motifs is 1. The van der Waals surface area contributed by atoms with Crippen molar-refractivity contribution in [3.05, 3.63) is 52.1 Å². The van der Waals surface area contributed by atoms with Crippen LogP contribution in [0.3, 0.4) is 0 Å². The first-order chi connectivity index (χ1) is 15.9. The first-order valence-corrected chi connectivity index (χ1v) is 12.1. The van der Waals surface area contributed by atoms with Gasteiger partial charge in [0.15, 0.2) is 0 Å². The molecule has 0 fully saturated rings. The van der Waals surface area contributed by atoms with Crippen LogP contribution in [-0.4, -0.2) is 53.4 Å². The Labute approximate surface area is 200 Å². The van der Waals surface area contributed by atoms with E-state index in [1.807, 2.05) is 45.2 Å². The van der Waals surface area contributed by atoms with E-state index >= 15 is 0 Å². The van der Waals surface area contributed by atoms with Crippen LogP contribution in [0.1, 0.15) is 36.2 Å². The summed E-state index contributed by atoms with van der Waals surface area (Å²) in [6, 6.07) is 7.27. The van der Waals surface area contributed by atoms with Crippen LogP contribution in [0, 0.1) is 13.8 Å². The van der Waals surface area contributed by atoms with Gasteiger partial charge in [-0.25, -0.2) is 9.50 Å². The second kappa shape index (κ2) is 9.88. The van der Waals surface area contributed by atoms with Gasteiger partial charge in [0.1, 0.15) is 0 Å². The Kier molecular flexibility index (Phi) is 6.94. The number of halogens is 1. The summed E-state index contributed by atoms with van der Waals surface area (Å²) in [6.07, 6.45) is 2.91. The molecule has 0 saturated carbocycles. The molecular formula is C22H24ClN7O2S. The van der Waals surface area contributed by atoms with Gasteiger partial charge in [0.25, 0.3) is 5.78 Å².